The van der Waals surface area contributed by atoms with E-state index in [-0.39, 0.29) is 6.03 Å². The van der Waals surface area contributed by atoms with Gasteiger partial charge in [0, 0.05) is 10.6 Å². The molecule has 4 nitrogen and oxygen atoms in total. The highest BCUT2D eigenvalue weighted by Gasteiger charge is 2.06. The molecule has 0 bridgehead atoms. The van der Waals surface area contributed by atoms with Crippen LogP contribution in [0.25, 0.3) is 0 Å². The maximum Gasteiger partial charge on any atom is 0.319 e. The van der Waals surface area contributed by atoms with Crippen molar-refractivity contribution in [3.8, 4) is 0 Å². The van der Waals surface area contributed by atoms with Crippen LogP contribution in [0.5, 0.6) is 0 Å². The number of anilines is 1. The van der Waals surface area contributed by atoms with Gasteiger partial charge in [0.25, 0.3) is 0 Å². The highest BCUT2D eigenvalue weighted by atomic mass is 32.1. The first-order chi connectivity index (χ1) is 8.65. The third kappa shape index (κ3) is 3.30. The number of nitrogens with zero attached hydrogens (tertiary/aromatic N) is 1. The summed E-state index contributed by atoms with van der Waals surface area (Å²) in [7, 11) is 0. The molecule has 1 heterocycles. The molecular weight excluding hydrogens is 246 g/mol. The number of aromatic nitrogens is 1. The van der Waals surface area contributed by atoms with E-state index in [2.05, 4.69) is 15.6 Å². The molecule has 2 aromatic rings. The van der Waals surface area contributed by atoms with Crippen molar-refractivity contribution in [3.05, 3.63) is 45.9 Å². The summed E-state index contributed by atoms with van der Waals surface area (Å²) in [4.78, 5) is 17.1. The van der Waals surface area contributed by atoms with Crippen LogP contribution in [-0.4, -0.2) is 11.0 Å². The van der Waals surface area contributed by atoms with Crippen LogP contribution >= 0.6 is 11.3 Å². The van der Waals surface area contributed by atoms with Gasteiger partial charge in [-0.2, -0.15) is 0 Å². The predicted octanol–water partition coefficient (Wildman–Crippen LogP) is 3.08. The van der Waals surface area contributed by atoms with E-state index in [0.29, 0.717) is 6.54 Å². The van der Waals surface area contributed by atoms with Crippen LogP contribution in [-0.2, 0) is 6.54 Å². The predicted molar refractivity (Wildman–Crippen MR) is 73.9 cm³/mol. The molecule has 0 atom stereocenters. The van der Waals surface area contributed by atoms with Gasteiger partial charge in [0.05, 0.1) is 17.2 Å². The number of rotatable bonds is 3. The smallest absolute Gasteiger partial charge is 0.319 e. The van der Waals surface area contributed by atoms with Crippen molar-refractivity contribution >= 4 is 23.1 Å². The number of thiazole rings is 1. The Balaban J connectivity index is 1.87. The van der Waals surface area contributed by atoms with E-state index in [0.717, 1.165) is 21.3 Å². The quantitative estimate of drug-likeness (QED) is 0.892. The molecule has 2 rings (SSSR count). The maximum atomic E-state index is 11.7. The number of carbonyl (C=O) groups excluding carboxylic acids is 1. The zero-order valence-corrected chi connectivity index (χ0v) is 11.2. The number of para-hydroxylation sites is 1. The molecule has 2 amide bonds. The Kier molecular flexibility index (Phi) is 3.94. The monoisotopic (exact) mass is 261 g/mol. The van der Waals surface area contributed by atoms with Crippen molar-refractivity contribution < 1.29 is 4.79 Å². The number of aryl methyl sites for hydroxylation is 2. The first kappa shape index (κ1) is 12.6. The second-order valence-electron chi connectivity index (χ2n) is 3.92. The van der Waals surface area contributed by atoms with Gasteiger partial charge in [-0.25, -0.2) is 9.78 Å². The maximum absolute atomic E-state index is 11.7. The summed E-state index contributed by atoms with van der Waals surface area (Å²) >= 11 is 1.61. The normalized spacial score (nSPS) is 10.1. The highest BCUT2D eigenvalue weighted by Crippen LogP contribution is 2.16. The van der Waals surface area contributed by atoms with Gasteiger partial charge in [-0.1, -0.05) is 18.2 Å². The van der Waals surface area contributed by atoms with Crippen molar-refractivity contribution in [2.24, 2.45) is 0 Å². The summed E-state index contributed by atoms with van der Waals surface area (Å²) < 4.78 is 0. The van der Waals surface area contributed by atoms with E-state index >= 15 is 0 Å². The molecule has 0 fully saturated rings. The first-order valence-corrected chi connectivity index (χ1v) is 6.49. The first-order valence-electron chi connectivity index (χ1n) is 5.68. The summed E-state index contributed by atoms with van der Waals surface area (Å²) in [6.07, 6.45) is 0. The van der Waals surface area contributed by atoms with Gasteiger partial charge >= 0.3 is 6.03 Å². The molecular formula is C13H15N3OS. The minimum Gasteiger partial charge on any atom is -0.333 e. The molecule has 0 aliphatic rings. The van der Waals surface area contributed by atoms with Gasteiger partial charge in [-0.05, 0) is 26.0 Å². The second-order valence-corrected chi connectivity index (χ2v) is 5.20. The van der Waals surface area contributed by atoms with Gasteiger partial charge in [0.15, 0.2) is 0 Å². The lowest BCUT2D eigenvalue weighted by molar-refractivity contribution is 0.252. The lowest BCUT2D eigenvalue weighted by Crippen LogP contribution is -2.28. The standard InChI is InChI=1S/C13H15N3OS/c1-9-12(18-10(2)15-9)8-14-13(17)16-11-6-4-3-5-7-11/h3-7H,8H2,1-2H3,(H2,14,16,17). The van der Waals surface area contributed by atoms with Crippen LogP contribution in [0.4, 0.5) is 10.5 Å². The number of nitrogens with one attached hydrogen (secondary N) is 2. The van der Waals surface area contributed by atoms with Crippen LogP contribution in [0.2, 0.25) is 0 Å². The molecule has 1 aromatic heterocycles. The molecule has 18 heavy (non-hydrogen) atoms. The van der Waals surface area contributed by atoms with E-state index in [9.17, 15) is 4.79 Å². The fourth-order valence-electron chi connectivity index (χ4n) is 1.59. The number of carbonyl (C=O) groups is 1. The van der Waals surface area contributed by atoms with Crippen LogP contribution in [0.1, 0.15) is 15.6 Å². The number of hydrogen-bond donors (Lipinski definition) is 2. The van der Waals surface area contributed by atoms with Crippen molar-refractivity contribution in [2.45, 2.75) is 20.4 Å². The van der Waals surface area contributed by atoms with E-state index in [1.54, 1.807) is 11.3 Å². The van der Waals surface area contributed by atoms with Crippen LogP contribution in [0.15, 0.2) is 30.3 Å². The summed E-state index contributed by atoms with van der Waals surface area (Å²) in [6.45, 7) is 4.43. The average Bonchev–Trinajstić information content (AvgIpc) is 2.66. The molecule has 5 heteroatoms. The molecule has 0 saturated carbocycles. The molecule has 0 aliphatic heterocycles. The fourth-order valence-corrected chi connectivity index (χ4v) is 2.47. The van der Waals surface area contributed by atoms with Gasteiger partial charge in [0.2, 0.25) is 0 Å². The molecule has 0 unspecified atom stereocenters. The van der Waals surface area contributed by atoms with Crippen molar-refractivity contribution in [3.63, 3.8) is 0 Å². The molecule has 0 aliphatic carbocycles. The molecule has 2 N–H and O–H groups in total. The molecule has 94 valence electrons. The van der Waals surface area contributed by atoms with Crippen LogP contribution in [0.3, 0.4) is 0 Å². The lowest BCUT2D eigenvalue weighted by Gasteiger charge is -2.06. The highest BCUT2D eigenvalue weighted by molar-refractivity contribution is 7.11. The topological polar surface area (TPSA) is 54.0 Å². The Labute approximate surface area is 110 Å². The summed E-state index contributed by atoms with van der Waals surface area (Å²) in [5, 5.41) is 6.62. The minimum absolute atomic E-state index is 0.202. The van der Waals surface area contributed by atoms with Gasteiger partial charge in [0.1, 0.15) is 0 Å². The van der Waals surface area contributed by atoms with Gasteiger partial charge < -0.3 is 10.6 Å². The zero-order chi connectivity index (χ0) is 13.0. The lowest BCUT2D eigenvalue weighted by atomic mass is 10.3. The molecule has 0 spiro atoms. The van der Waals surface area contributed by atoms with Gasteiger partial charge in [-0.3, -0.25) is 0 Å². The molecule has 0 saturated heterocycles. The second kappa shape index (κ2) is 5.64. The van der Waals surface area contributed by atoms with E-state index in [1.165, 1.54) is 0 Å². The van der Waals surface area contributed by atoms with Crippen LogP contribution < -0.4 is 10.6 Å². The van der Waals surface area contributed by atoms with E-state index in [4.69, 9.17) is 0 Å². The summed E-state index contributed by atoms with van der Waals surface area (Å²) in [6, 6.07) is 9.17. The number of amides is 2. The van der Waals surface area contributed by atoms with Gasteiger partial charge in [-0.15, -0.1) is 11.3 Å². The van der Waals surface area contributed by atoms with E-state index < -0.39 is 0 Å². The average molecular weight is 261 g/mol. The van der Waals surface area contributed by atoms with Crippen molar-refractivity contribution in [1.82, 2.24) is 10.3 Å². The zero-order valence-electron chi connectivity index (χ0n) is 10.4. The Morgan fingerprint density at radius 1 is 1.28 bits per heavy atom. The largest absolute Gasteiger partial charge is 0.333 e. The third-order valence-corrected chi connectivity index (χ3v) is 3.51. The number of benzene rings is 1. The number of urea groups is 1. The summed E-state index contributed by atoms with van der Waals surface area (Å²) in [5.41, 5.74) is 1.77. The fraction of sp³-hybridized carbons (Fsp3) is 0.231. The van der Waals surface area contributed by atoms with Crippen molar-refractivity contribution in [2.75, 3.05) is 5.32 Å². The molecule has 1 aromatic carbocycles. The summed E-state index contributed by atoms with van der Waals surface area (Å²) in [5.74, 6) is 0. The Hall–Kier alpha value is -1.88. The van der Waals surface area contributed by atoms with E-state index in [1.807, 2.05) is 44.2 Å². The molecule has 0 radical (unpaired) electrons. The number of hydrogen-bond acceptors (Lipinski definition) is 3. The van der Waals surface area contributed by atoms with Crippen molar-refractivity contribution in [1.29, 1.82) is 0 Å². The Morgan fingerprint density at radius 3 is 2.61 bits per heavy atom. The Morgan fingerprint density at radius 2 is 2.00 bits per heavy atom. The SMILES string of the molecule is Cc1nc(C)c(CNC(=O)Nc2ccccc2)s1. The van der Waals surface area contributed by atoms with Crippen LogP contribution in [0, 0.1) is 13.8 Å². The minimum atomic E-state index is -0.202. The Bertz CT molecular complexity index is 536. The third-order valence-electron chi connectivity index (χ3n) is 2.44.